The molecule has 0 aromatic carbocycles. The van der Waals surface area contributed by atoms with Gasteiger partial charge in [0.05, 0.1) is 12.2 Å². The average molecular weight is 225 g/mol. The Morgan fingerprint density at radius 1 is 1.69 bits per heavy atom. The lowest BCUT2D eigenvalue weighted by molar-refractivity contribution is 0.390. The van der Waals surface area contributed by atoms with Gasteiger partial charge in [-0.2, -0.15) is 0 Å². The minimum atomic E-state index is -3.37. The van der Waals surface area contributed by atoms with E-state index in [0.29, 0.717) is 11.5 Å². The summed E-state index contributed by atoms with van der Waals surface area (Å²) >= 11 is 5.17. The molecule has 0 unspecified atom stereocenters. The second-order valence-corrected chi connectivity index (χ2v) is 4.86. The first-order valence-electron chi connectivity index (χ1n) is 3.49. The van der Waals surface area contributed by atoms with Gasteiger partial charge < -0.3 is 4.52 Å². The normalized spacial score (nSPS) is 11.8. The number of nitrogens with zero attached hydrogens (tertiary/aromatic N) is 1. The zero-order valence-corrected chi connectivity index (χ0v) is 8.52. The molecule has 0 spiro atoms. The standard InChI is InChI=1S/C6H9ClN2O3S/c1-5-2-6(9-12-5)3-8-13(10,11)4-7/h2,8H,3-4H2,1H3. The topological polar surface area (TPSA) is 72.2 Å². The van der Waals surface area contributed by atoms with E-state index in [1.54, 1.807) is 13.0 Å². The zero-order valence-electron chi connectivity index (χ0n) is 6.95. The number of hydrogen-bond donors (Lipinski definition) is 1. The van der Waals surface area contributed by atoms with E-state index in [2.05, 4.69) is 9.88 Å². The van der Waals surface area contributed by atoms with Crippen molar-refractivity contribution in [1.29, 1.82) is 0 Å². The maximum Gasteiger partial charge on any atom is 0.226 e. The second-order valence-electron chi connectivity index (χ2n) is 2.47. The third-order valence-electron chi connectivity index (χ3n) is 1.29. The van der Waals surface area contributed by atoms with Crippen molar-refractivity contribution in [3.63, 3.8) is 0 Å². The lowest BCUT2D eigenvalue weighted by Crippen LogP contribution is -2.23. The van der Waals surface area contributed by atoms with E-state index in [9.17, 15) is 8.42 Å². The molecule has 0 atom stereocenters. The molecule has 1 aromatic heterocycles. The molecule has 0 fully saturated rings. The number of hydrogen-bond acceptors (Lipinski definition) is 4. The number of aromatic nitrogens is 1. The zero-order chi connectivity index (χ0) is 9.90. The van der Waals surface area contributed by atoms with Crippen molar-refractivity contribution in [3.05, 3.63) is 17.5 Å². The van der Waals surface area contributed by atoms with Crippen LogP contribution in [0.2, 0.25) is 0 Å². The third kappa shape index (κ3) is 3.33. The summed E-state index contributed by atoms with van der Waals surface area (Å²) in [7, 11) is -3.37. The Morgan fingerprint density at radius 3 is 2.85 bits per heavy atom. The van der Waals surface area contributed by atoms with E-state index >= 15 is 0 Å². The Balaban J connectivity index is 2.53. The Bertz CT molecular complexity index is 373. The fourth-order valence-corrected chi connectivity index (χ4v) is 1.40. The highest BCUT2D eigenvalue weighted by molar-refractivity contribution is 7.90. The second kappa shape index (κ2) is 4.08. The van der Waals surface area contributed by atoms with Crippen LogP contribution in [0, 0.1) is 6.92 Å². The summed E-state index contributed by atoms with van der Waals surface area (Å²) in [5.41, 5.74) is 0.534. The summed E-state index contributed by atoms with van der Waals surface area (Å²) in [6.45, 7) is 1.83. The van der Waals surface area contributed by atoms with Crippen LogP contribution >= 0.6 is 11.6 Å². The first-order valence-corrected chi connectivity index (χ1v) is 5.67. The fraction of sp³-hybridized carbons (Fsp3) is 0.500. The third-order valence-corrected chi connectivity index (χ3v) is 3.03. The quantitative estimate of drug-likeness (QED) is 0.761. The van der Waals surface area contributed by atoms with Crippen LogP contribution in [0.25, 0.3) is 0 Å². The highest BCUT2D eigenvalue weighted by Gasteiger charge is 2.08. The lowest BCUT2D eigenvalue weighted by Gasteiger charge is -1.98. The van der Waals surface area contributed by atoms with Crippen molar-refractivity contribution in [2.24, 2.45) is 0 Å². The van der Waals surface area contributed by atoms with Crippen LogP contribution in [0.4, 0.5) is 0 Å². The molecule has 0 aliphatic rings. The van der Waals surface area contributed by atoms with E-state index in [1.807, 2.05) is 0 Å². The summed E-state index contributed by atoms with van der Waals surface area (Å²) in [6.07, 6.45) is 0. The first-order chi connectivity index (χ1) is 6.03. The Labute approximate surface area is 81.1 Å². The molecule has 1 rings (SSSR count). The van der Waals surface area contributed by atoms with Gasteiger partial charge in [0.15, 0.2) is 0 Å². The van der Waals surface area contributed by atoms with E-state index in [4.69, 9.17) is 16.1 Å². The van der Waals surface area contributed by atoms with Crippen molar-refractivity contribution in [2.45, 2.75) is 13.5 Å². The number of rotatable bonds is 4. The largest absolute Gasteiger partial charge is 0.361 e. The van der Waals surface area contributed by atoms with Crippen LogP contribution in [0.3, 0.4) is 0 Å². The SMILES string of the molecule is Cc1cc(CNS(=O)(=O)CCl)no1. The van der Waals surface area contributed by atoms with E-state index in [-0.39, 0.29) is 6.54 Å². The van der Waals surface area contributed by atoms with Crippen molar-refractivity contribution >= 4 is 21.6 Å². The number of sulfonamides is 1. The molecular formula is C6H9ClN2O3S. The van der Waals surface area contributed by atoms with Gasteiger partial charge >= 0.3 is 0 Å². The molecule has 7 heteroatoms. The minimum absolute atomic E-state index is 0.104. The van der Waals surface area contributed by atoms with Gasteiger partial charge in [-0.15, -0.1) is 11.6 Å². The van der Waals surface area contributed by atoms with Crippen molar-refractivity contribution in [1.82, 2.24) is 9.88 Å². The molecular weight excluding hydrogens is 216 g/mol. The van der Waals surface area contributed by atoms with Crippen LogP contribution < -0.4 is 4.72 Å². The van der Waals surface area contributed by atoms with Crippen LogP contribution in [0.1, 0.15) is 11.5 Å². The van der Waals surface area contributed by atoms with Crippen molar-refractivity contribution in [2.75, 3.05) is 5.21 Å². The van der Waals surface area contributed by atoms with Gasteiger partial charge in [0, 0.05) is 6.07 Å². The Kier molecular flexibility index (Phi) is 3.29. The highest BCUT2D eigenvalue weighted by atomic mass is 35.5. The molecule has 5 nitrogen and oxygen atoms in total. The summed E-state index contributed by atoms with van der Waals surface area (Å²) in [6, 6.07) is 1.65. The van der Waals surface area contributed by atoms with Gasteiger partial charge in [0.2, 0.25) is 10.0 Å². The van der Waals surface area contributed by atoms with Crippen LogP contribution in [0.15, 0.2) is 10.6 Å². The van der Waals surface area contributed by atoms with E-state index in [1.165, 1.54) is 0 Å². The maximum absolute atomic E-state index is 10.9. The monoisotopic (exact) mass is 224 g/mol. The summed E-state index contributed by atoms with van der Waals surface area (Å²) in [5, 5.41) is 3.15. The molecule has 1 aromatic rings. The molecule has 0 aliphatic heterocycles. The minimum Gasteiger partial charge on any atom is -0.361 e. The first kappa shape index (κ1) is 10.5. The molecule has 0 amide bonds. The van der Waals surface area contributed by atoms with Gasteiger partial charge in [-0.05, 0) is 6.92 Å². The van der Waals surface area contributed by atoms with Crippen molar-refractivity contribution in [3.8, 4) is 0 Å². The van der Waals surface area contributed by atoms with Gasteiger partial charge in [-0.25, -0.2) is 13.1 Å². The molecule has 74 valence electrons. The molecule has 0 radical (unpaired) electrons. The molecule has 0 bridgehead atoms. The van der Waals surface area contributed by atoms with E-state index < -0.39 is 15.2 Å². The Hall–Kier alpha value is -0.590. The van der Waals surface area contributed by atoms with Gasteiger partial charge in [0.25, 0.3) is 0 Å². The molecule has 1 heterocycles. The molecule has 0 saturated heterocycles. The number of nitrogens with one attached hydrogen (secondary N) is 1. The smallest absolute Gasteiger partial charge is 0.226 e. The number of aryl methyl sites for hydroxylation is 1. The number of alkyl halides is 1. The molecule has 13 heavy (non-hydrogen) atoms. The van der Waals surface area contributed by atoms with Gasteiger partial charge in [0.1, 0.15) is 11.0 Å². The fourth-order valence-electron chi connectivity index (χ4n) is 0.724. The van der Waals surface area contributed by atoms with E-state index in [0.717, 1.165) is 0 Å². The molecule has 0 aliphatic carbocycles. The van der Waals surface area contributed by atoms with Gasteiger partial charge in [-0.1, -0.05) is 5.16 Å². The van der Waals surface area contributed by atoms with Gasteiger partial charge in [-0.3, -0.25) is 0 Å². The summed E-state index contributed by atoms with van der Waals surface area (Å²) in [5.74, 6) is 0.639. The van der Waals surface area contributed by atoms with Crippen LogP contribution in [0.5, 0.6) is 0 Å². The predicted octanol–water partition coefficient (Wildman–Crippen LogP) is 0.599. The maximum atomic E-state index is 10.9. The summed E-state index contributed by atoms with van der Waals surface area (Å²) < 4.78 is 28.8. The predicted molar refractivity (Wildman–Crippen MR) is 47.7 cm³/mol. The highest BCUT2D eigenvalue weighted by Crippen LogP contribution is 2.01. The average Bonchev–Trinajstić information content (AvgIpc) is 2.48. The number of halogens is 1. The van der Waals surface area contributed by atoms with Crippen LogP contribution in [-0.2, 0) is 16.6 Å². The summed E-state index contributed by atoms with van der Waals surface area (Å²) in [4.78, 5) is 0. The van der Waals surface area contributed by atoms with Crippen molar-refractivity contribution < 1.29 is 12.9 Å². The molecule has 0 saturated carbocycles. The molecule has 1 N–H and O–H groups in total. The van der Waals surface area contributed by atoms with Crippen LogP contribution in [-0.4, -0.2) is 18.8 Å². The lowest BCUT2D eigenvalue weighted by atomic mass is 10.4. The Morgan fingerprint density at radius 2 is 2.38 bits per heavy atom.